The highest BCUT2D eigenvalue weighted by Crippen LogP contribution is 2.36. The molecule has 1 aliphatic rings. The first kappa shape index (κ1) is 33.1. The number of benzene rings is 3. The number of nitrogens with zero attached hydrogens (tertiary/aromatic N) is 6. The minimum atomic E-state index is -0.753. The first-order chi connectivity index (χ1) is 22.6. The molecule has 5 rings (SSSR count). The Morgan fingerprint density at radius 3 is 2.38 bits per heavy atom. The van der Waals surface area contributed by atoms with E-state index in [0.29, 0.717) is 29.6 Å². The number of hydrogen-bond acceptors (Lipinski definition) is 9. The summed E-state index contributed by atoms with van der Waals surface area (Å²) in [5, 5.41) is 4.88. The van der Waals surface area contributed by atoms with E-state index in [2.05, 4.69) is 14.9 Å². The second kappa shape index (κ2) is 14.4. The first-order valence-corrected chi connectivity index (χ1v) is 15.3. The summed E-state index contributed by atoms with van der Waals surface area (Å²) >= 11 is 6.74. The lowest BCUT2D eigenvalue weighted by atomic mass is 10.1. The molecular formula is C35H33ClN6O5. The molecule has 0 N–H and O–H groups in total. The van der Waals surface area contributed by atoms with E-state index in [1.165, 1.54) is 4.68 Å². The molecule has 0 spiro atoms. The van der Waals surface area contributed by atoms with Gasteiger partial charge in [0.2, 0.25) is 5.70 Å². The molecule has 240 valence electrons. The van der Waals surface area contributed by atoms with Crippen LogP contribution in [0.1, 0.15) is 36.4 Å². The smallest absolute Gasteiger partial charge is 0.336 e. The molecule has 0 bridgehead atoms. The van der Waals surface area contributed by atoms with Gasteiger partial charge in [0.05, 0.1) is 23.9 Å². The minimum absolute atomic E-state index is 0.0430. The highest BCUT2D eigenvalue weighted by Gasteiger charge is 2.38. The monoisotopic (exact) mass is 652 g/mol. The summed E-state index contributed by atoms with van der Waals surface area (Å²) in [6.07, 6.45) is 0. The number of ether oxygens (including phenoxy) is 3. The maximum atomic E-state index is 13.8. The number of esters is 2. The van der Waals surface area contributed by atoms with Gasteiger partial charge in [-0.1, -0.05) is 59.6 Å². The maximum Gasteiger partial charge on any atom is 0.336 e. The predicted octanol–water partition coefficient (Wildman–Crippen LogP) is 6.72. The summed E-state index contributed by atoms with van der Waals surface area (Å²) in [5.74, 6) is -0.203. The van der Waals surface area contributed by atoms with Crippen molar-refractivity contribution in [1.82, 2.24) is 14.8 Å². The van der Waals surface area contributed by atoms with E-state index in [1.807, 2.05) is 70.2 Å². The zero-order chi connectivity index (χ0) is 33.7. The fourth-order valence-corrected chi connectivity index (χ4v) is 5.40. The van der Waals surface area contributed by atoms with Crippen molar-refractivity contribution in [3.8, 4) is 17.1 Å². The largest absolute Gasteiger partial charge is 0.465 e. The minimum Gasteiger partial charge on any atom is -0.465 e. The molecule has 1 aromatic heterocycles. The van der Waals surface area contributed by atoms with Crippen molar-refractivity contribution in [2.24, 2.45) is 4.99 Å². The number of carbonyl (C=O) groups is 2. The Morgan fingerprint density at radius 2 is 1.74 bits per heavy atom. The van der Waals surface area contributed by atoms with Crippen molar-refractivity contribution in [1.29, 1.82) is 0 Å². The van der Waals surface area contributed by atoms with Gasteiger partial charge < -0.3 is 19.1 Å². The van der Waals surface area contributed by atoms with Gasteiger partial charge in [0.15, 0.2) is 17.5 Å². The predicted molar refractivity (Wildman–Crippen MR) is 180 cm³/mol. The maximum absolute atomic E-state index is 13.8. The number of rotatable bonds is 11. The summed E-state index contributed by atoms with van der Waals surface area (Å²) in [6, 6.07) is 18.1. The molecule has 11 nitrogen and oxygen atoms in total. The SMILES string of the molecule is [C-]#[N+]C1=C(C(=O)Oc2c(C)cc(C)cc2C)c2nc(-c3ccccc3)nn2C1=Nc1ccc(N(COCC)CC(=O)OCC)cc1Cl. The van der Waals surface area contributed by atoms with Crippen LogP contribution in [-0.2, 0) is 19.1 Å². The Bertz CT molecular complexity index is 1920. The van der Waals surface area contributed by atoms with Gasteiger partial charge in [-0.05, 0) is 63.9 Å². The number of fused-ring (bicyclic) bond motifs is 1. The van der Waals surface area contributed by atoms with Crippen molar-refractivity contribution >= 4 is 46.3 Å². The average Bonchev–Trinajstić information content (AvgIpc) is 3.59. The molecule has 0 radical (unpaired) electrons. The third-order valence-electron chi connectivity index (χ3n) is 7.23. The molecular weight excluding hydrogens is 620 g/mol. The number of aliphatic imine (C=N–C) groups is 1. The van der Waals surface area contributed by atoms with Crippen LogP contribution in [0.5, 0.6) is 5.75 Å². The molecule has 0 aliphatic carbocycles. The molecule has 12 heteroatoms. The van der Waals surface area contributed by atoms with Crippen LogP contribution in [0.25, 0.3) is 21.8 Å². The Balaban J connectivity index is 1.59. The molecule has 3 aromatic carbocycles. The second-order valence-electron chi connectivity index (χ2n) is 10.7. The number of hydrogen-bond donors (Lipinski definition) is 0. The van der Waals surface area contributed by atoms with E-state index in [9.17, 15) is 9.59 Å². The number of allylic oxidation sites excluding steroid dienone is 1. The van der Waals surface area contributed by atoms with Crippen molar-refractivity contribution in [2.75, 3.05) is 31.4 Å². The van der Waals surface area contributed by atoms with Crippen LogP contribution < -0.4 is 9.64 Å². The van der Waals surface area contributed by atoms with Crippen LogP contribution in [0.15, 0.2) is 71.4 Å². The fourth-order valence-electron chi connectivity index (χ4n) is 5.19. The summed E-state index contributed by atoms with van der Waals surface area (Å²) in [7, 11) is 0. The number of aromatic nitrogens is 3. The molecule has 47 heavy (non-hydrogen) atoms. The average molecular weight is 653 g/mol. The molecule has 1 aliphatic heterocycles. The van der Waals surface area contributed by atoms with Gasteiger partial charge >= 0.3 is 11.9 Å². The Hall–Kier alpha value is -5.31. The van der Waals surface area contributed by atoms with Gasteiger partial charge in [0.25, 0.3) is 0 Å². The van der Waals surface area contributed by atoms with Crippen LogP contribution in [0.3, 0.4) is 0 Å². The van der Waals surface area contributed by atoms with E-state index in [1.54, 1.807) is 30.0 Å². The summed E-state index contributed by atoms with van der Waals surface area (Å²) in [5.41, 5.74) is 4.10. The van der Waals surface area contributed by atoms with E-state index in [0.717, 1.165) is 22.3 Å². The lowest BCUT2D eigenvalue weighted by Crippen LogP contribution is -2.33. The number of carbonyl (C=O) groups excluding carboxylic acids is 2. The van der Waals surface area contributed by atoms with Crippen molar-refractivity contribution in [3.63, 3.8) is 0 Å². The van der Waals surface area contributed by atoms with Crippen molar-refractivity contribution in [2.45, 2.75) is 34.6 Å². The summed E-state index contributed by atoms with van der Waals surface area (Å²) in [4.78, 5) is 40.9. The van der Waals surface area contributed by atoms with Gasteiger partial charge in [0, 0.05) is 17.9 Å². The second-order valence-corrected chi connectivity index (χ2v) is 11.1. The van der Waals surface area contributed by atoms with Gasteiger partial charge in [-0.15, -0.1) is 5.10 Å². The molecule has 0 saturated carbocycles. The number of aryl methyl sites for hydroxylation is 3. The normalized spacial score (nSPS) is 13.0. The third kappa shape index (κ3) is 7.09. The molecule has 0 atom stereocenters. The Morgan fingerprint density at radius 1 is 1.02 bits per heavy atom. The van der Waals surface area contributed by atoms with Gasteiger partial charge in [-0.3, -0.25) is 4.79 Å². The van der Waals surface area contributed by atoms with E-state index in [4.69, 9.17) is 37.4 Å². The molecule has 0 saturated heterocycles. The van der Waals surface area contributed by atoms with Crippen molar-refractivity contribution < 1.29 is 23.8 Å². The molecule has 0 fully saturated rings. The van der Waals surface area contributed by atoms with Gasteiger partial charge in [-0.2, -0.15) is 0 Å². The fraction of sp³-hybridized carbons (Fsp3) is 0.257. The molecule has 0 unspecified atom stereocenters. The molecule has 0 amide bonds. The zero-order valence-electron chi connectivity index (χ0n) is 26.7. The van der Waals surface area contributed by atoms with Crippen molar-refractivity contribution in [3.05, 3.63) is 105 Å². The lowest BCUT2D eigenvalue weighted by Gasteiger charge is -2.23. The third-order valence-corrected chi connectivity index (χ3v) is 7.53. The van der Waals surface area contributed by atoms with Crippen LogP contribution in [-0.4, -0.2) is 59.0 Å². The lowest BCUT2D eigenvalue weighted by molar-refractivity contribution is -0.141. The Kier molecular flexibility index (Phi) is 10.1. The van der Waals surface area contributed by atoms with Gasteiger partial charge in [-0.25, -0.2) is 24.3 Å². The zero-order valence-corrected chi connectivity index (χ0v) is 27.5. The molecule has 2 heterocycles. The van der Waals surface area contributed by atoms with Crippen LogP contribution in [0, 0.1) is 27.3 Å². The first-order valence-electron chi connectivity index (χ1n) is 15.0. The topological polar surface area (TPSA) is 112 Å². The highest BCUT2D eigenvalue weighted by atomic mass is 35.5. The number of halogens is 1. The van der Waals surface area contributed by atoms with Crippen LogP contribution >= 0.6 is 11.6 Å². The van der Waals surface area contributed by atoms with Crippen LogP contribution in [0.4, 0.5) is 11.4 Å². The van der Waals surface area contributed by atoms with E-state index in [-0.39, 0.29) is 47.8 Å². The van der Waals surface area contributed by atoms with E-state index < -0.39 is 11.9 Å². The standard InChI is InChI=1S/C35H33ClN6O5/c1-7-45-20-41(19-28(43)46-8-2)25-14-15-27(26(36)18-25)38-34-30(37-6)29(35(44)47-31-22(4)16-21(3)17-23(31)5)33-39-32(40-42(33)34)24-12-10-9-11-13-24/h9-18H,7-8,19-20H2,1-5H3. The van der Waals surface area contributed by atoms with Gasteiger partial charge in [0.1, 0.15) is 24.6 Å². The van der Waals surface area contributed by atoms with Crippen LogP contribution in [0.2, 0.25) is 5.02 Å². The molecule has 4 aromatic rings. The summed E-state index contributed by atoms with van der Waals surface area (Å²) < 4.78 is 17.9. The van der Waals surface area contributed by atoms with E-state index >= 15 is 0 Å². The number of anilines is 1. The highest BCUT2D eigenvalue weighted by molar-refractivity contribution is 6.34. The summed E-state index contributed by atoms with van der Waals surface area (Å²) in [6.45, 7) is 18.1. The Labute approximate surface area is 277 Å². The quantitative estimate of drug-likeness (QED) is 0.0760.